The summed E-state index contributed by atoms with van der Waals surface area (Å²) in [6.45, 7) is 5.43. The molecule has 226 valence electrons. The van der Waals surface area contributed by atoms with Crippen molar-refractivity contribution < 1.29 is 18.7 Å². The van der Waals surface area contributed by atoms with E-state index >= 15 is 0 Å². The molecular weight excluding hydrogens is 564 g/mol. The van der Waals surface area contributed by atoms with Crippen molar-refractivity contribution in [2.75, 3.05) is 39.1 Å². The highest BCUT2D eigenvalue weighted by molar-refractivity contribution is 7.16. The highest BCUT2D eigenvalue weighted by atomic mass is 32.1. The zero-order valence-corrected chi connectivity index (χ0v) is 25.7. The Kier molecular flexibility index (Phi) is 6.56. The quantitative estimate of drug-likeness (QED) is 0.450. The summed E-state index contributed by atoms with van der Waals surface area (Å²) in [6, 6.07) is 2.74. The highest BCUT2D eigenvalue weighted by Gasteiger charge is 2.49. The molecule has 3 aromatic heterocycles. The fourth-order valence-electron chi connectivity index (χ4n) is 8.57. The number of nitrogen functional groups attached to an aromatic ring is 1. The summed E-state index contributed by atoms with van der Waals surface area (Å²) in [4.78, 5) is 13.9. The minimum absolute atomic E-state index is 0.0434. The van der Waals surface area contributed by atoms with Crippen LogP contribution in [0.15, 0.2) is 4.52 Å². The Balaban J connectivity index is 1.26. The molecule has 8 rings (SSSR count). The molecule has 2 fully saturated rings. The number of nitrogens with two attached hydrogens (primary N) is 1. The van der Waals surface area contributed by atoms with E-state index in [1.165, 1.54) is 11.3 Å². The van der Waals surface area contributed by atoms with Crippen molar-refractivity contribution in [2.45, 2.75) is 94.3 Å². The van der Waals surface area contributed by atoms with Crippen molar-refractivity contribution in [1.82, 2.24) is 20.0 Å². The number of hydrogen-bond acceptors (Lipinski definition) is 11. The third kappa shape index (κ3) is 4.10. The Morgan fingerprint density at radius 2 is 1.93 bits per heavy atom. The van der Waals surface area contributed by atoms with Crippen LogP contribution < -0.4 is 10.5 Å². The largest absolute Gasteiger partial charge is 0.473 e. The van der Waals surface area contributed by atoms with Gasteiger partial charge in [-0.2, -0.15) is 10.2 Å². The number of thiophene rings is 1. The number of hydrogen-bond donors (Lipinski definition) is 1. The Hall–Kier alpha value is -3.04. The minimum atomic E-state index is -0.369. The van der Waals surface area contributed by atoms with Gasteiger partial charge >= 0.3 is 0 Å². The van der Waals surface area contributed by atoms with Crippen LogP contribution in [-0.4, -0.2) is 65.6 Å². The fraction of sp³-hybridized carbons (Fsp3) is 0.625. The molecule has 43 heavy (non-hydrogen) atoms. The van der Waals surface area contributed by atoms with Crippen LogP contribution in [0.2, 0.25) is 0 Å². The molecule has 0 saturated carbocycles. The number of aryl methyl sites for hydroxylation is 1. The molecule has 0 amide bonds. The summed E-state index contributed by atoms with van der Waals surface area (Å²) >= 11 is 1.56. The fourth-order valence-corrected chi connectivity index (χ4v) is 9.73. The van der Waals surface area contributed by atoms with Crippen LogP contribution in [0, 0.1) is 11.3 Å². The standard InChI is InChI=1S/C32H38N6O4S/c1-18(22-7-5-12-38(22)2)41-30-21-15-40-17-31(11-13-39-16-31)26(21)35-29(36-30)25-19-6-3-9-32(27(19)37-42-25)10-4-8-23-24(32)20(14-33)28(34)43-23/h18,22H,3-13,15-17,34H2,1-2H3/t18-,22-,31+,32-/m0/s1. The van der Waals surface area contributed by atoms with Crippen LogP contribution in [0.25, 0.3) is 11.6 Å². The van der Waals surface area contributed by atoms with Gasteiger partial charge in [-0.05, 0) is 83.9 Å². The second-order valence-electron chi connectivity index (χ2n) is 13.1. The van der Waals surface area contributed by atoms with E-state index in [9.17, 15) is 5.26 Å². The highest BCUT2D eigenvalue weighted by Crippen LogP contribution is 2.55. The molecule has 0 aromatic carbocycles. The number of likely N-dealkylation sites (tertiary alicyclic amines) is 1. The van der Waals surface area contributed by atoms with Crippen molar-refractivity contribution in [3.05, 3.63) is 38.5 Å². The molecule has 11 heteroatoms. The maximum Gasteiger partial charge on any atom is 0.223 e. The molecule has 4 atom stereocenters. The van der Waals surface area contributed by atoms with Crippen LogP contribution in [0.5, 0.6) is 5.88 Å². The molecule has 0 unspecified atom stereocenters. The average Bonchev–Trinajstić information content (AvgIpc) is 3.80. The molecule has 0 bridgehead atoms. The number of nitriles is 1. The molecule has 2 aliphatic carbocycles. The van der Waals surface area contributed by atoms with Gasteiger partial charge in [-0.25, -0.2) is 4.98 Å². The number of aromatic nitrogens is 3. The summed E-state index contributed by atoms with van der Waals surface area (Å²) in [5.74, 6) is 1.70. The molecule has 2 N–H and O–H groups in total. The SMILES string of the molecule is C[C@H](Oc1nc(-c2onc3c2CCC[C@@]32CCCc3sc(N)c(C#N)c32)nc2c1COC[C@]21CCOC1)[C@@H]1CCCN1C. The zero-order valence-electron chi connectivity index (χ0n) is 24.9. The van der Waals surface area contributed by atoms with Crippen LogP contribution in [-0.2, 0) is 39.8 Å². The first-order chi connectivity index (χ1) is 20.9. The smallest absolute Gasteiger partial charge is 0.223 e. The second kappa shape index (κ2) is 10.3. The lowest BCUT2D eigenvalue weighted by molar-refractivity contribution is 0.0358. The normalized spacial score (nSPS) is 28.9. The van der Waals surface area contributed by atoms with Gasteiger partial charge in [0.25, 0.3) is 0 Å². The van der Waals surface area contributed by atoms with Gasteiger partial charge in [0.2, 0.25) is 17.5 Å². The number of rotatable bonds is 4. The van der Waals surface area contributed by atoms with E-state index in [0.717, 1.165) is 86.0 Å². The van der Waals surface area contributed by atoms with Crippen molar-refractivity contribution in [2.24, 2.45) is 0 Å². The van der Waals surface area contributed by atoms with E-state index in [-0.39, 0.29) is 16.9 Å². The molecule has 5 aliphatic rings. The number of likely N-dealkylation sites (N-methyl/N-ethyl adjacent to an activating group) is 1. The lowest BCUT2D eigenvalue weighted by atomic mass is 9.62. The first-order valence-electron chi connectivity index (χ1n) is 15.7. The Morgan fingerprint density at radius 1 is 1.09 bits per heavy atom. The predicted octanol–water partition coefficient (Wildman–Crippen LogP) is 4.66. The topological polar surface area (TPSA) is 133 Å². The van der Waals surface area contributed by atoms with E-state index in [4.69, 9.17) is 39.6 Å². The third-order valence-electron chi connectivity index (χ3n) is 10.7. The molecule has 0 radical (unpaired) electrons. The number of anilines is 1. The molecule has 3 aromatic rings. The van der Waals surface area contributed by atoms with Crippen molar-refractivity contribution in [3.63, 3.8) is 0 Å². The van der Waals surface area contributed by atoms with Gasteiger partial charge in [0.1, 0.15) is 17.2 Å². The van der Waals surface area contributed by atoms with Gasteiger partial charge in [-0.3, -0.25) is 4.90 Å². The van der Waals surface area contributed by atoms with E-state index in [2.05, 4.69) is 24.9 Å². The predicted molar refractivity (Wildman–Crippen MR) is 160 cm³/mol. The molecule has 3 aliphatic heterocycles. The van der Waals surface area contributed by atoms with Crippen LogP contribution >= 0.6 is 11.3 Å². The Morgan fingerprint density at radius 3 is 2.70 bits per heavy atom. The molecule has 2 saturated heterocycles. The molecular formula is C32H38N6O4S. The van der Waals surface area contributed by atoms with E-state index in [0.29, 0.717) is 60.5 Å². The molecule has 2 spiro atoms. The van der Waals surface area contributed by atoms with Gasteiger partial charge in [0.15, 0.2) is 0 Å². The summed E-state index contributed by atoms with van der Waals surface area (Å²) in [5.41, 5.74) is 11.2. The van der Waals surface area contributed by atoms with Crippen molar-refractivity contribution >= 4 is 16.3 Å². The lowest BCUT2D eigenvalue weighted by Crippen LogP contribution is -2.40. The van der Waals surface area contributed by atoms with Gasteiger partial charge < -0.3 is 24.5 Å². The third-order valence-corrected chi connectivity index (χ3v) is 11.8. The van der Waals surface area contributed by atoms with Gasteiger partial charge in [-0.1, -0.05) is 5.16 Å². The van der Waals surface area contributed by atoms with Crippen molar-refractivity contribution in [1.29, 1.82) is 5.26 Å². The van der Waals surface area contributed by atoms with E-state index in [1.54, 1.807) is 11.3 Å². The number of fused-ring (bicyclic) bond motifs is 6. The Bertz CT molecular complexity index is 1620. The van der Waals surface area contributed by atoms with E-state index < -0.39 is 0 Å². The average molecular weight is 603 g/mol. The minimum Gasteiger partial charge on any atom is -0.473 e. The monoisotopic (exact) mass is 602 g/mol. The Labute approximate surface area is 255 Å². The van der Waals surface area contributed by atoms with E-state index in [1.807, 2.05) is 0 Å². The van der Waals surface area contributed by atoms with Crippen LogP contribution in [0.4, 0.5) is 5.00 Å². The maximum atomic E-state index is 10.1. The van der Waals surface area contributed by atoms with Crippen LogP contribution in [0.1, 0.15) is 90.4 Å². The summed E-state index contributed by atoms with van der Waals surface area (Å²) in [6.07, 6.45) is 8.68. The molecule has 10 nitrogen and oxygen atoms in total. The van der Waals surface area contributed by atoms with Gasteiger partial charge in [0.05, 0.1) is 47.8 Å². The first-order valence-corrected chi connectivity index (χ1v) is 16.5. The van der Waals surface area contributed by atoms with Gasteiger partial charge in [0, 0.05) is 28.5 Å². The second-order valence-corrected chi connectivity index (χ2v) is 14.3. The summed E-state index contributed by atoms with van der Waals surface area (Å²) in [5, 5.41) is 15.5. The van der Waals surface area contributed by atoms with Crippen molar-refractivity contribution in [3.8, 4) is 23.5 Å². The molecule has 6 heterocycles. The summed E-state index contributed by atoms with van der Waals surface area (Å²) in [7, 11) is 2.17. The number of nitrogens with zero attached hydrogens (tertiary/aromatic N) is 5. The van der Waals surface area contributed by atoms with Crippen LogP contribution in [0.3, 0.4) is 0 Å². The zero-order chi connectivity index (χ0) is 29.3. The number of ether oxygens (including phenoxy) is 3. The first kappa shape index (κ1) is 27.5. The maximum absolute atomic E-state index is 10.1. The van der Waals surface area contributed by atoms with Gasteiger partial charge in [-0.15, -0.1) is 11.3 Å². The lowest BCUT2D eigenvalue weighted by Gasteiger charge is -2.39. The summed E-state index contributed by atoms with van der Waals surface area (Å²) < 4.78 is 25.0.